The maximum Gasteiger partial charge on any atom is 0.0180 e. The molecule has 2 aliphatic rings. The second kappa shape index (κ2) is 3.76. The van der Waals surface area contributed by atoms with E-state index in [4.69, 9.17) is 0 Å². The number of likely N-dealkylation sites (tertiary alicyclic amines) is 1. The van der Waals surface area contributed by atoms with Crippen molar-refractivity contribution in [1.29, 1.82) is 0 Å². The third kappa shape index (κ3) is 1.54. The van der Waals surface area contributed by atoms with Crippen molar-refractivity contribution in [1.82, 2.24) is 4.90 Å². The lowest BCUT2D eigenvalue weighted by Crippen LogP contribution is -2.53. The second-order valence-corrected chi connectivity index (χ2v) is 6.38. The number of hydrogen-bond donors (Lipinski definition) is 0. The fourth-order valence-electron chi connectivity index (χ4n) is 4.11. The van der Waals surface area contributed by atoms with E-state index in [-0.39, 0.29) is 0 Å². The fraction of sp³-hybridized carbons (Fsp3) is 1.00. The van der Waals surface area contributed by atoms with Crippen LogP contribution in [0.2, 0.25) is 0 Å². The summed E-state index contributed by atoms with van der Waals surface area (Å²) in [7, 11) is 0. The van der Waals surface area contributed by atoms with Crippen molar-refractivity contribution in [2.24, 2.45) is 23.2 Å². The monoisotopic (exact) mass is 209 g/mol. The molecule has 2 rings (SSSR count). The highest BCUT2D eigenvalue weighted by Gasteiger charge is 2.53. The SMILES string of the molecule is CCC1C(C)C(C)C(C)(C)C1N1CCC1. The van der Waals surface area contributed by atoms with Crippen molar-refractivity contribution >= 4 is 0 Å². The van der Waals surface area contributed by atoms with Crippen LogP contribution < -0.4 is 0 Å². The van der Waals surface area contributed by atoms with E-state index in [2.05, 4.69) is 39.5 Å². The Morgan fingerprint density at radius 3 is 2.20 bits per heavy atom. The Labute approximate surface area is 95.2 Å². The summed E-state index contributed by atoms with van der Waals surface area (Å²) < 4.78 is 0. The van der Waals surface area contributed by atoms with E-state index in [1.54, 1.807) is 0 Å². The molecule has 0 aromatic carbocycles. The molecule has 1 heteroatoms. The molecule has 4 unspecified atom stereocenters. The van der Waals surface area contributed by atoms with Gasteiger partial charge in [0, 0.05) is 6.04 Å². The van der Waals surface area contributed by atoms with Crippen molar-refractivity contribution in [3.8, 4) is 0 Å². The summed E-state index contributed by atoms with van der Waals surface area (Å²) in [5.74, 6) is 2.69. The van der Waals surface area contributed by atoms with Crippen LogP contribution in [0.1, 0.15) is 47.5 Å². The van der Waals surface area contributed by atoms with Crippen LogP contribution in [0.5, 0.6) is 0 Å². The van der Waals surface area contributed by atoms with Gasteiger partial charge < -0.3 is 0 Å². The van der Waals surface area contributed by atoms with Crippen LogP contribution in [0.4, 0.5) is 0 Å². The van der Waals surface area contributed by atoms with Gasteiger partial charge >= 0.3 is 0 Å². The molecule has 2 fully saturated rings. The molecule has 1 nitrogen and oxygen atoms in total. The molecule has 0 aromatic rings. The third-order valence-corrected chi connectivity index (χ3v) is 5.56. The maximum atomic E-state index is 2.74. The smallest absolute Gasteiger partial charge is 0.0180 e. The summed E-state index contributed by atoms with van der Waals surface area (Å²) in [4.78, 5) is 2.74. The first-order valence-electron chi connectivity index (χ1n) is 6.74. The van der Waals surface area contributed by atoms with Crippen molar-refractivity contribution in [3.05, 3.63) is 0 Å². The Morgan fingerprint density at radius 1 is 1.20 bits per heavy atom. The van der Waals surface area contributed by atoms with E-state index in [0.717, 1.165) is 23.8 Å². The van der Waals surface area contributed by atoms with Crippen LogP contribution in [0.25, 0.3) is 0 Å². The van der Waals surface area contributed by atoms with Crippen molar-refractivity contribution in [2.75, 3.05) is 13.1 Å². The molecule has 1 heterocycles. The normalized spacial score (nSPS) is 45.4. The minimum Gasteiger partial charge on any atom is -0.299 e. The predicted molar refractivity (Wildman–Crippen MR) is 65.9 cm³/mol. The molecule has 4 atom stereocenters. The molecule has 1 saturated carbocycles. The molecule has 0 spiro atoms. The summed E-state index contributed by atoms with van der Waals surface area (Å²) in [6, 6.07) is 0.848. The lowest BCUT2D eigenvalue weighted by Gasteiger charge is -2.46. The maximum absolute atomic E-state index is 2.74. The highest BCUT2D eigenvalue weighted by atomic mass is 15.2. The zero-order valence-electron chi connectivity index (χ0n) is 11.1. The molecule has 0 radical (unpaired) electrons. The van der Waals surface area contributed by atoms with Crippen molar-refractivity contribution in [3.63, 3.8) is 0 Å². The Kier molecular flexibility index (Phi) is 2.87. The molecule has 15 heavy (non-hydrogen) atoms. The standard InChI is InChI=1S/C14H27N/c1-6-12-10(2)11(3)14(4,5)13(12)15-8-7-9-15/h10-13H,6-9H2,1-5H3. The summed E-state index contributed by atoms with van der Waals surface area (Å²) in [6.45, 7) is 15.0. The number of nitrogens with zero attached hydrogens (tertiary/aromatic N) is 1. The van der Waals surface area contributed by atoms with Crippen LogP contribution in [0, 0.1) is 23.2 Å². The molecule has 1 saturated heterocycles. The molecular weight excluding hydrogens is 182 g/mol. The third-order valence-electron chi connectivity index (χ3n) is 5.56. The zero-order valence-corrected chi connectivity index (χ0v) is 11.1. The van der Waals surface area contributed by atoms with Crippen LogP contribution in [-0.2, 0) is 0 Å². The predicted octanol–water partition coefficient (Wildman–Crippen LogP) is 3.40. The Bertz CT molecular complexity index is 229. The fourth-order valence-corrected chi connectivity index (χ4v) is 4.11. The largest absolute Gasteiger partial charge is 0.299 e. The Morgan fingerprint density at radius 2 is 1.80 bits per heavy atom. The van der Waals surface area contributed by atoms with Gasteiger partial charge in [-0.05, 0) is 42.7 Å². The van der Waals surface area contributed by atoms with Crippen LogP contribution in [-0.4, -0.2) is 24.0 Å². The molecule has 0 bridgehead atoms. The second-order valence-electron chi connectivity index (χ2n) is 6.38. The van der Waals surface area contributed by atoms with Crippen LogP contribution in [0.3, 0.4) is 0 Å². The first-order chi connectivity index (χ1) is 7.00. The lowest BCUT2D eigenvalue weighted by atomic mass is 9.77. The van der Waals surface area contributed by atoms with Gasteiger partial charge in [0.05, 0.1) is 0 Å². The van der Waals surface area contributed by atoms with Gasteiger partial charge in [-0.1, -0.05) is 41.0 Å². The first-order valence-corrected chi connectivity index (χ1v) is 6.74. The van der Waals surface area contributed by atoms with E-state index in [1.807, 2.05) is 0 Å². The molecule has 1 aliphatic heterocycles. The topological polar surface area (TPSA) is 3.24 Å². The zero-order chi connectivity index (χ0) is 11.2. The van der Waals surface area contributed by atoms with Gasteiger partial charge in [-0.3, -0.25) is 4.90 Å². The van der Waals surface area contributed by atoms with Gasteiger partial charge in [0.25, 0.3) is 0 Å². The van der Waals surface area contributed by atoms with E-state index in [9.17, 15) is 0 Å². The van der Waals surface area contributed by atoms with Crippen LogP contribution >= 0.6 is 0 Å². The molecular formula is C14H27N. The number of rotatable bonds is 2. The minimum absolute atomic E-state index is 0.514. The molecule has 88 valence electrons. The highest BCUT2D eigenvalue weighted by molar-refractivity contribution is 5.04. The number of hydrogen-bond acceptors (Lipinski definition) is 1. The minimum atomic E-state index is 0.514. The Hall–Kier alpha value is -0.0400. The van der Waals surface area contributed by atoms with Gasteiger partial charge in [-0.2, -0.15) is 0 Å². The van der Waals surface area contributed by atoms with Crippen LogP contribution in [0.15, 0.2) is 0 Å². The van der Waals surface area contributed by atoms with E-state index < -0.39 is 0 Å². The van der Waals surface area contributed by atoms with Gasteiger partial charge in [0.15, 0.2) is 0 Å². The van der Waals surface area contributed by atoms with Crippen molar-refractivity contribution < 1.29 is 0 Å². The van der Waals surface area contributed by atoms with E-state index in [1.165, 1.54) is 25.9 Å². The highest BCUT2D eigenvalue weighted by Crippen LogP contribution is 2.53. The first kappa shape index (κ1) is 11.4. The molecule has 0 aromatic heterocycles. The molecule has 1 aliphatic carbocycles. The summed E-state index contributed by atoms with van der Waals surface area (Å²) >= 11 is 0. The summed E-state index contributed by atoms with van der Waals surface area (Å²) in [6.07, 6.45) is 2.78. The summed E-state index contributed by atoms with van der Waals surface area (Å²) in [5.41, 5.74) is 0.514. The van der Waals surface area contributed by atoms with E-state index in [0.29, 0.717) is 5.41 Å². The lowest BCUT2D eigenvalue weighted by molar-refractivity contribution is 0.0226. The average molecular weight is 209 g/mol. The average Bonchev–Trinajstić information content (AvgIpc) is 2.26. The van der Waals surface area contributed by atoms with Gasteiger partial charge in [-0.15, -0.1) is 0 Å². The quantitative estimate of drug-likeness (QED) is 0.674. The Balaban J connectivity index is 2.23. The summed E-state index contributed by atoms with van der Waals surface area (Å²) in [5, 5.41) is 0. The van der Waals surface area contributed by atoms with Gasteiger partial charge in [0.1, 0.15) is 0 Å². The molecule has 0 amide bonds. The van der Waals surface area contributed by atoms with Crippen molar-refractivity contribution in [2.45, 2.75) is 53.5 Å². The molecule has 0 N–H and O–H groups in total. The van der Waals surface area contributed by atoms with E-state index >= 15 is 0 Å². The van der Waals surface area contributed by atoms with Gasteiger partial charge in [-0.25, -0.2) is 0 Å². The van der Waals surface area contributed by atoms with Gasteiger partial charge in [0.2, 0.25) is 0 Å².